The number of H-pyrrole nitrogens is 1. The maximum atomic E-state index is 11.2. The Bertz CT molecular complexity index is 712. The predicted molar refractivity (Wildman–Crippen MR) is 77.5 cm³/mol. The van der Waals surface area contributed by atoms with Crippen LogP contribution in [0.5, 0.6) is 5.75 Å². The first-order valence-electron chi connectivity index (χ1n) is 6.52. The lowest BCUT2D eigenvalue weighted by Gasteiger charge is -2.03. The normalized spacial score (nSPS) is 10.7. The van der Waals surface area contributed by atoms with Gasteiger partial charge in [0.05, 0.1) is 11.0 Å². The topological polar surface area (TPSA) is 55.0 Å². The Morgan fingerprint density at radius 3 is 2.60 bits per heavy atom. The molecule has 0 fully saturated rings. The van der Waals surface area contributed by atoms with Gasteiger partial charge >= 0.3 is 5.97 Å². The molecule has 0 atom stereocenters. The van der Waals surface area contributed by atoms with Crippen molar-refractivity contribution >= 4 is 17.0 Å². The Hall–Kier alpha value is -2.62. The summed E-state index contributed by atoms with van der Waals surface area (Å²) in [4.78, 5) is 19.0. The van der Waals surface area contributed by atoms with Crippen molar-refractivity contribution in [2.24, 2.45) is 0 Å². The molecule has 0 aliphatic heterocycles. The van der Waals surface area contributed by atoms with Gasteiger partial charge in [-0.3, -0.25) is 4.79 Å². The monoisotopic (exact) mass is 266 g/mol. The number of ether oxygens (including phenoxy) is 1. The van der Waals surface area contributed by atoms with Crippen LogP contribution in [0.15, 0.2) is 48.5 Å². The fourth-order valence-corrected chi connectivity index (χ4v) is 1.97. The third-order valence-electron chi connectivity index (χ3n) is 3.04. The van der Waals surface area contributed by atoms with Gasteiger partial charge in [0.2, 0.25) is 0 Å². The number of carbonyl (C=O) groups is 1. The van der Waals surface area contributed by atoms with Crippen molar-refractivity contribution in [2.45, 2.75) is 13.3 Å². The first kappa shape index (κ1) is 12.4. The summed E-state index contributed by atoms with van der Waals surface area (Å²) >= 11 is 0. The molecule has 0 bridgehead atoms. The molecule has 0 radical (unpaired) electrons. The second-order valence-electron chi connectivity index (χ2n) is 4.45. The van der Waals surface area contributed by atoms with E-state index in [-0.39, 0.29) is 5.97 Å². The summed E-state index contributed by atoms with van der Waals surface area (Å²) in [7, 11) is 0. The number of rotatable bonds is 3. The molecular weight excluding hydrogens is 252 g/mol. The molecule has 0 unspecified atom stereocenters. The van der Waals surface area contributed by atoms with Crippen molar-refractivity contribution < 1.29 is 9.53 Å². The summed E-state index contributed by atoms with van der Waals surface area (Å²) in [6, 6.07) is 15.2. The molecule has 3 aromatic rings. The zero-order valence-corrected chi connectivity index (χ0v) is 11.1. The van der Waals surface area contributed by atoms with Gasteiger partial charge in [-0.05, 0) is 36.4 Å². The van der Waals surface area contributed by atoms with Crippen molar-refractivity contribution in [3.63, 3.8) is 0 Å². The van der Waals surface area contributed by atoms with Gasteiger partial charge in [-0.1, -0.05) is 19.1 Å². The summed E-state index contributed by atoms with van der Waals surface area (Å²) in [6.45, 7) is 1.77. The lowest BCUT2D eigenvalue weighted by atomic mass is 10.2. The average Bonchev–Trinajstić information content (AvgIpc) is 2.91. The molecule has 1 N–H and O–H groups in total. The van der Waals surface area contributed by atoms with E-state index in [9.17, 15) is 4.79 Å². The maximum absolute atomic E-state index is 11.2. The van der Waals surface area contributed by atoms with Crippen LogP contribution >= 0.6 is 0 Å². The Kier molecular flexibility index (Phi) is 3.21. The molecule has 0 aliphatic rings. The third-order valence-corrected chi connectivity index (χ3v) is 3.04. The minimum atomic E-state index is -0.235. The average molecular weight is 266 g/mol. The summed E-state index contributed by atoms with van der Waals surface area (Å²) in [5, 5.41) is 0. The Balaban J connectivity index is 1.88. The fourth-order valence-electron chi connectivity index (χ4n) is 1.97. The molecule has 4 nitrogen and oxygen atoms in total. The number of imidazole rings is 1. The number of fused-ring (bicyclic) bond motifs is 1. The van der Waals surface area contributed by atoms with Crippen LogP contribution in [0.25, 0.3) is 22.4 Å². The number of hydrogen-bond acceptors (Lipinski definition) is 3. The predicted octanol–water partition coefficient (Wildman–Crippen LogP) is 3.55. The van der Waals surface area contributed by atoms with E-state index in [1.807, 2.05) is 36.4 Å². The molecule has 1 heterocycles. The molecule has 0 aliphatic carbocycles. The second-order valence-corrected chi connectivity index (χ2v) is 4.45. The molecule has 3 rings (SSSR count). The van der Waals surface area contributed by atoms with Crippen LogP contribution in [0.3, 0.4) is 0 Å². The van der Waals surface area contributed by atoms with Gasteiger partial charge in [0.1, 0.15) is 11.6 Å². The summed E-state index contributed by atoms with van der Waals surface area (Å²) in [5.41, 5.74) is 2.89. The highest BCUT2D eigenvalue weighted by molar-refractivity contribution is 5.79. The number of nitrogens with zero attached hydrogens (tertiary/aromatic N) is 1. The van der Waals surface area contributed by atoms with E-state index < -0.39 is 0 Å². The van der Waals surface area contributed by atoms with Gasteiger partial charge in [0.15, 0.2) is 0 Å². The van der Waals surface area contributed by atoms with Crippen LogP contribution in [-0.4, -0.2) is 15.9 Å². The minimum Gasteiger partial charge on any atom is -0.427 e. The standard InChI is InChI=1S/C16H14N2O2/c1-2-15(19)20-12-9-7-11(8-10-12)16-17-13-5-3-4-6-14(13)18-16/h3-10H,2H2,1H3,(H,17,18). The van der Waals surface area contributed by atoms with Gasteiger partial charge in [-0.2, -0.15) is 0 Å². The largest absolute Gasteiger partial charge is 0.427 e. The van der Waals surface area contributed by atoms with Gasteiger partial charge in [0.25, 0.3) is 0 Å². The minimum absolute atomic E-state index is 0.235. The quantitative estimate of drug-likeness (QED) is 0.582. The zero-order valence-electron chi connectivity index (χ0n) is 11.1. The summed E-state index contributed by atoms with van der Waals surface area (Å²) < 4.78 is 5.14. The molecule has 2 aromatic carbocycles. The first-order chi connectivity index (χ1) is 9.76. The first-order valence-corrected chi connectivity index (χ1v) is 6.52. The Morgan fingerprint density at radius 2 is 1.90 bits per heavy atom. The van der Waals surface area contributed by atoms with Crippen molar-refractivity contribution in [1.29, 1.82) is 0 Å². The van der Waals surface area contributed by atoms with Crippen LogP contribution < -0.4 is 4.74 Å². The van der Waals surface area contributed by atoms with E-state index in [0.717, 1.165) is 22.4 Å². The third kappa shape index (κ3) is 2.40. The smallest absolute Gasteiger partial charge is 0.310 e. The molecule has 1 aromatic heterocycles. The highest BCUT2D eigenvalue weighted by atomic mass is 16.5. The van der Waals surface area contributed by atoms with Gasteiger partial charge in [0, 0.05) is 12.0 Å². The number of benzene rings is 2. The highest BCUT2D eigenvalue weighted by Gasteiger charge is 2.06. The molecule has 100 valence electrons. The van der Waals surface area contributed by atoms with Crippen molar-refractivity contribution in [2.75, 3.05) is 0 Å². The van der Waals surface area contributed by atoms with Crippen molar-refractivity contribution in [3.8, 4) is 17.1 Å². The van der Waals surface area contributed by atoms with Crippen LogP contribution in [0.4, 0.5) is 0 Å². The number of para-hydroxylation sites is 2. The van der Waals surface area contributed by atoms with E-state index in [1.165, 1.54) is 0 Å². The zero-order chi connectivity index (χ0) is 13.9. The summed E-state index contributed by atoms with van der Waals surface area (Å²) in [6.07, 6.45) is 0.366. The Labute approximate surface area is 116 Å². The number of esters is 1. The molecule has 0 amide bonds. The number of nitrogens with one attached hydrogen (secondary N) is 1. The number of carbonyl (C=O) groups excluding carboxylic acids is 1. The van der Waals surface area contributed by atoms with Crippen molar-refractivity contribution in [3.05, 3.63) is 48.5 Å². The lowest BCUT2D eigenvalue weighted by Crippen LogP contribution is -2.05. The second kappa shape index (κ2) is 5.17. The van der Waals surface area contributed by atoms with Crippen LogP contribution in [0.1, 0.15) is 13.3 Å². The lowest BCUT2D eigenvalue weighted by molar-refractivity contribution is -0.134. The van der Waals surface area contributed by atoms with E-state index in [0.29, 0.717) is 12.2 Å². The van der Waals surface area contributed by atoms with Gasteiger partial charge < -0.3 is 9.72 Å². The van der Waals surface area contributed by atoms with E-state index in [4.69, 9.17) is 4.74 Å². The summed E-state index contributed by atoms with van der Waals surface area (Å²) in [5.74, 6) is 1.12. The van der Waals surface area contributed by atoms with Crippen molar-refractivity contribution in [1.82, 2.24) is 9.97 Å². The van der Waals surface area contributed by atoms with E-state index in [2.05, 4.69) is 9.97 Å². The molecular formula is C16H14N2O2. The Morgan fingerprint density at radius 1 is 1.15 bits per heavy atom. The van der Waals surface area contributed by atoms with Crippen LogP contribution in [-0.2, 0) is 4.79 Å². The molecule has 0 spiro atoms. The van der Waals surface area contributed by atoms with Gasteiger partial charge in [-0.25, -0.2) is 4.98 Å². The molecule has 4 heteroatoms. The van der Waals surface area contributed by atoms with Gasteiger partial charge in [-0.15, -0.1) is 0 Å². The SMILES string of the molecule is CCC(=O)Oc1ccc(-c2nc3ccccc3[nH]2)cc1. The van der Waals surface area contributed by atoms with Crippen LogP contribution in [0.2, 0.25) is 0 Å². The van der Waals surface area contributed by atoms with E-state index in [1.54, 1.807) is 19.1 Å². The number of aromatic amines is 1. The molecule has 0 saturated carbocycles. The maximum Gasteiger partial charge on any atom is 0.310 e. The fraction of sp³-hybridized carbons (Fsp3) is 0.125. The number of aromatic nitrogens is 2. The molecule has 20 heavy (non-hydrogen) atoms. The highest BCUT2D eigenvalue weighted by Crippen LogP contribution is 2.22. The van der Waals surface area contributed by atoms with E-state index >= 15 is 0 Å². The van der Waals surface area contributed by atoms with Crippen LogP contribution in [0, 0.1) is 0 Å². The number of hydrogen-bond donors (Lipinski definition) is 1. The molecule has 0 saturated heterocycles.